The molecule has 0 aliphatic carbocycles. The predicted molar refractivity (Wildman–Crippen MR) is 53.7 cm³/mol. The lowest BCUT2D eigenvalue weighted by Crippen LogP contribution is -2.08. The Morgan fingerprint density at radius 1 is 1.29 bits per heavy atom. The monoisotopic (exact) mass is 262 g/mol. The standard InChI is InChI=1S/C9H6ClF3N4/c10-3-6-4-14-5-8(15-6)17-2-1-7(16-17)9(11,12)13/h1-2,4-5H,3H2. The van der Waals surface area contributed by atoms with Gasteiger partial charge in [0.1, 0.15) is 0 Å². The Hall–Kier alpha value is -1.63. The van der Waals surface area contributed by atoms with Crippen molar-refractivity contribution in [2.24, 2.45) is 0 Å². The number of hydrogen-bond donors (Lipinski definition) is 0. The summed E-state index contributed by atoms with van der Waals surface area (Å²) in [6.45, 7) is 0. The van der Waals surface area contributed by atoms with Crippen molar-refractivity contribution < 1.29 is 13.2 Å². The fourth-order valence-electron chi connectivity index (χ4n) is 1.17. The van der Waals surface area contributed by atoms with Crippen LogP contribution in [-0.2, 0) is 12.1 Å². The van der Waals surface area contributed by atoms with Crippen LogP contribution in [0.1, 0.15) is 11.4 Å². The van der Waals surface area contributed by atoms with Gasteiger partial charge in [-0.05, 0) is 6.07 Å². The van der Waals surface area contributed by atoms with Crippen LogP contribution in [0, 0.1) is 0 Å². The highest BCUT2D eigenvalue weighted by Gasteiger charge is 2.33. The van der Waals surface area contributed by atoms with E-state index in [9.17, 15) is 13.2 Å². The van der Waals surface area contributed by atoms with Crippen molar-refractivity contribution >= 4 is 11.6 Å². The van der Waals surface area contributed by atoms with Gasteiger partial charge < -0.3 is 0 Å². The lowest BCUT2D eigenvalue weighted by atomic mass is 10.4. The molecule has 0 aliphatic rings. The molecule has 0 amide bonds. The minimum absolute atomic E-state index is 0.133. The van der Waals surface area contributed by atoms with Crippen LogP contribution >= 0.6 is 11.6 Å². The molecule has 0 saturated heterocycles. The molecule has 0 radical (unpaired) electrons. The molecule has 2 heterocycles. The topological polar surface area (TPSA) is 43.6 Å². The average molecular weight is 263 g/mol. The second kappa shape index (κ2) is 4.33. The van der Waals surface area contributed by atoms with Gasteiger partial charge >= 0.3 is 6.18 Å². The first-order chi connectivity index (χ1) is 8.00. The summed E-state index contributed by atoms with van der Waals surface area (Å²) in [5.41, 5.74) is -0.510. The van der Waals surface area contributed by atoms with Crippen molar-refractivity contribution in [3.05, 3.63) is 36.0 Å². The fourth-order valence-corrected chi connectivity index (χ4v) is 1.30. The van der Waals surface area contributed by atoms with Crippen LogP contribution in [0.25, 0.3) is 5.82 Å². The number of hydrogen-bond acceptors (Lipinski definition) is 3. The van der Waals surface area contributed by atoms with Crippen LogP contribution < -0.4 is 0 Å². The normalized spacial score (nSPS) is 11.8. The van der Waals surface area contributed by atoms with E-state index in [0.29, 0.717) is 5.69 Å². The van der Waals surface area contributed by atoms with Crippen LogP contribution in [0.3, 0.4) is 0 Å². The molecule has 90 valence electrons. The SMILES string of the molecule is FC(F)(F)c1ccn(-c2cncc(CCl)n2)n1. The summed E-state index contributed by atoms with van der Waals surface area (Å²) in [4.78, 5) is 7.81. The summed E-state index contributed by atoms with van der Waals surface area (Å²) in [6.07, 6.45) is -0.554. The summed E-state index contributed by atoms with van der Waals surface area (Å²) in [6, 6.07) is 0.870. The zero-order valence-electron chi connectivity index (χ0n) is 8.32. The van der Waals surface area contributed by atoms with Gasteiger partial charge in [-0.2, -0.15) is 18.3 Å². The summed E-state index contributed by atoms with van der Waals surface area (Å²) in [5.74, 6) is 0.326. The Kier molecular flexibility index (Phi) is 3.01. The van der Waals surface area contributed by atoms with E-state index >= 15 is 0 Å². The fraction of sp³-hybridized carbons (Fsp3) is 0.222. The predicted octanol–water partition coefficient (Wildman–Crippen LogP) is 2.42. The van der Waals surface area contributed by atoms with E-state index in [0.717, 1.165) is 10.7 Å². The van der Waals surface area contributed by atoms with Crippen molar-refractivity contribution in [3.63, 3.8) is 0 Å². The molecule has 0 aliphatic heterocycles. The first-order valence-electron chi connectivity index (χ1n) is 4.51. The van der Waals surface area contributed by atoms with Crippen LogP contribution in [0.15, 0.2) is 24.7 Å². The Morgan fingerprint density at radius 3 is 2.65 bits per heavy atom. The van der Waals surface area contributed by atoms with Crippen molar-refractivity contribution in [1.29, 1.82) is 0 Å². The van der Waals surface area contributed by atoms with Gasteiger partial charge in [-0.3, -0.25) is 4.98 Å². The van der Waals surface area contributed by atoms with Crippen molar-refractivity contribution in [2.75, 3.05) is 0 Å². The quantitative estimate of drug-likeness (QED) is 0.781. The molecule has 0 unspecified atom stereocenters. The first kappa shape index (κ1) is 11.8. The number of halogens is 4. The highest BCUT2D eigenvalue weighted by atomic mass is 35.5. The molecular formula is C9H6ClF3N4. The second-order valence-electron chi connectivity index (χ2n) is 3.15. The van der Waals surface area contributed by atoms with E-state index in [1.165, 1.54) is 18.6 Å². The van der Waals surface area contributed by atoms with Crippen molar-refractivity contribution in [1.82, 2.24) is 19.7 Å². The summed E-state index contributed by atoms with van der Waals surface area (Å²) in [5, 5.41) is 3.37. The molecule has 0 N–H and O–H groups in total. The molecule has 2 aromatic heterocycles. The van der Waals surface area contributed by atoms with Crippen LogP contribution in [0.5, 0.6) is 0 Å². The second-order valence-corrected chi connectivity index (χ2v) is 3.41. The number of rotatable bonds is 2. The van der Waals surface area contributed by atoms with E-state index in [1.54, 1.807) is 0 Å². The molecule has 17 heavy (non-hydrogen) atoms. The maximum atomic E-state index is 12.3. The molecule has 0 aromatic carbocycles. The van der Waals surface area contributed by atoms with Crippen molar-refractivity contribution in [2.45, 2.75) is 12.1 Å². The van der Waals surface area contributed by atoms with Crippen LogP contribution in [-0.4, -0.2) is 19.7 Å². The van der Waals surface area contributed by atoms with Gasteiger partial charge in [0.2, 0.25) is 0 Å². The van der Waals surface area contributed by atoms with Gasteiger partial charge in [-0.25, -0.2) is 9.67 Å². The molecular weight excluding hydrogens is 257 g/mol. The molecule has 0 spiro atoms. The van der Waals surface area contributed by atoms with Crippen molar-refractivity contribution in [3.8, 4) is 5.82 Å². The van der Waals surface area contributed by atoms with E-state index in [1.807, 2.05) is 0 Å². The van der Waals surface area contributed by atoms with Gasteiger partial charge in [-0.1, -0.05) is 0 Å². The van der Waals surface area contributed by atoms with E-state index in [2.05, 4.69) is 15.1 Å². The third-order valence-corrected chi connectivity index (χ3v) is 2.20. The van der Waals surface area contributed by atoms with Gasteiger partial charge in [0.05, 0.1) is 17.8 Å². The maximum absolute atomic E-state index is 12.3. The van der Waals surface area contributed by atoms with Gasteiger partial charge in [0.15, 0.2) is 11.5 Å². The highest BCUT2D eigenvalue weighted by molar-refractivity contribution is 6.16. The molecule has 2 aromatic rings. The van der Waals surface area contributed by atoms with Gasteiger partial charge in [-0.15, -0.1) is 11.6 Å². The third-order valence-electron chi connectivity index (χ3n) is 1.92. The lowest BCUT2D eigenvalue weighted by Gasteiger charge is -2.02. The average Bonchev–Trinajstić information content (AvgIpc) is 2.78. The molecule has 0 saturated carbocycles. The number of aromatic nitrogens is 4. The van der Waals surface area contributed by atoms with Crippen LogP contribution in [0.4, 0.5) is 13.2 Å². The third kappa shape index (κ3) is 2.55. The highest BCUT2D eigenvalue weighted by Crippen LogP contribution is 2.27. The number of nitrogens with zero attached hydrogens (tertiary/aromatic N) is 4. The van der Waals surface area contributed by atoms with E-state index in [-0.39, 0.29) is 11.7 Å². The molecule has 0 bridgehead atoms. The zero-order valence-corrected chi connectivity index (χ0v) is 9.07. The lowest BCUT2D eigenvalue weighted by molar-refractivity contribution is -0.141. The molecule has 0 fully saturated rings. The van der Waals surface area contributed by atoms with E-state index in [4.69, 9.17) is 11.6 Å². The Balaban J connectivity index is 2.37. The van der Waals surface area contributed by atoms with Gasteiger partial charge in [0.25, 0.3) is 0 Å². The Morgan fingerprint density at radius 2 is 2.06 bits per heavy atom. The molecule has 2 rings (SSSR count). The van der Waals surface area contributed by atoms with E-state index < -0.39 is 11.9 Å². The summed E-state index contributed by atoms with van der Waals surface area (Å²) < 4.78 is 38.0. The molecule has 4 nitrogen and oxygen atoms in total. The van der Waals surface area contributed by atoms with Crippen LogP contribution in [0.2, 0.25) is 0 Å². The number of alkyl halides is 4. The minimum atomic E-state index is -4.47. The molecule has 0 atom stereocenters. The molecule has 8 heteroatoms. The largest absolute Gasteiger partial charge is 0.435 e. The summed E-state index contributed by atoms with van der Waals surface area (Å²) >= 11 is 5.55. The van der Waals surface area contributed by atoms with Gasteiger partial charge in [0, 0.05) is 12.4 Å². The Labute approximate surface area is 99.1 Å². The Bertz CT molecular complexity index is 523. The summed E-state index contributed by atoms with van der Waals surface area (Å²) in [7, 11) is 0. The first-order valence-corrected chi connectivity index (χ1v) is 5.04. The minimum Gasteiger partial charge on any atom is -0.259 e. The smallest absolute Gasteiger partial charge is 0.259 e. The maximum Gasteiger partial charge on any atom is 0.435 e. The zero-order chi connectivity index (χ0) is 12.5.